The molecule has 0 aliphatic carbocycles. The first-order chi connectivity index (χ1) is 27.3. The van der Waals surface area contributed by atoms with E-state index < -0.39 is 83.8 Å². The molecule has 15 atom stereocenters. The fraction of sp³-hybridized carbons (Fsp3) is 0.857. The van der Waals surface area contributed by atoms with E-state index in [4.69, 9.17) is 60.1 Å². The second-order valence-corrected chi connectivity index (χ2v) is 20.5. The van der Waals surface area contributed by atoms with Gasteiger partial charge < -0.3 is 62.8 Å². The van der Waals surface area contributed by atoms with Crippen LogP contribution in [0.3, 0.4) is 0 Å². The molecule has 3 aliphatic heterocycles. The summed E-state index contributed by atoms with van der Waals surface area (Å²) in [5, 5.41) is 5.11. The minimum atomic E-state index is -5.39. The van der Waals surface area contributed by atoms with Gasteiger partial charge in [0.25, 0.3) is 0 Å². The second-order valence-electron chi connectivity index (χ2n) is 11.1. The molecule has 3 aliphatic rings. The maximum absolute atomic E-state index is 11.5. The minimum Gasteiger partial charge on any atom is -0.415 e. The molecule has 3 rings (SSSR count). The van der Waals surface area contributed by atoms with E-state index in [0.717, 1.165) is 14.2 Å². The molecule has 0 bridgehead atoms. The van der Waals surface area contributed by atoms with Crippen LogP contribution in [0.4, 0.5) is 0 Å². The summed E-state index contributed by atoms with van der Waals surface area (Å²) < 4.78 is 132. The molecule has 6 unspecified atom stereocenters. The van der Waals surface area contributed by atoms with E-state index in [1.165, 1.54) is 0 Å². The van der Waals surface area contributed by atoms with Crippen LogP contribution in [-0.2, 0) is 180 Å². The van der Waals surface area contributed by atoms with Gasteiger partial charge >= 0.3 is 46.9 Å². The molecule has 0 amide bonds. The van der Waals surface area contributed by atoms with Crippen molar-refractivity contribution in [2.45, 2.75) is 57.1 Å². The van der Waals surface area contributed by atoms with Crippen LogP contribution in [0, 0.1) is 47.3 Å². The van der Waals surface area contributed by atoms with Gasteiger partial charge in [0, 0.05) is 119 Å². The first kappa shape index (κ1) is 69.6. The number of ether oxygens (including phenoxy) is 3. The SMILES string of the molecule is [2H]N=P.[3H]N=P.[B][C@H]1[CH-][C@@H](C)[C@@H](COP(=O)(O)OC)O1.[B][C@H]1[CH-][C@@H](C)[C@@H](COP(=O)(O)OP(=O)(O)OC)O1.[B][C@H]1[CH-][C@@H](C)[C@@H](COP(=O)(O)OP(=O)(O)OP(=O)(O)OC)O1.[Y].[Y].[Y]. The summed E-state index contributed by atoms with van der Waals surface area (Å²) in [6, 6.07) is -1.67. The normalized spacial score (nSPS) is 31.4. The molecule has 61 heavy (non-hydrogen) atoms. The van der Waals surface area contributed by atoms with Crippen molar-refractivity contribution >= 4 is 88.5 Å². The van der Waals surface area contributed by atoms with Crippen LogP contribution in [0.25, 0.3) is 0 Å². The molecule has 0 aromatic heterocycles. The number of hydrogen-bond acceptors (Lipinski definition) is 20. The van der Waals surface area contributed by atoms with Gasteiger partial charge in [-0.25, -0.2) is 27.4 Å². The molecule has 26 nitrogen and oxygen atoms in total. The Balaban J connectivity index is -0.000000249. The van der Waals surface area contributed by atoms with E-state index in [9.17, 15) is 37.2 Å². The van der Waals surface area contributed by atoms with Gasteiger partial charge in [-0.3, -0.25) is 37.5 Å². The first-order valence-corrected chi connectivity index (χ1v) is 25.3. The van der Waals surface area contributed by atoms with Crippen molar-refractivity contribution < 1.29 is 212 Å². The van der Waals surface area contributed by atoms with E-state index in [2.05, 4.69) is 68.4 Å². The van der Waals surface area contributed by atoms with Crippen LogP contribution >= 0.6 is 65.0 Å². The van der Waals surface area contributed by atoms with Gasteiger partial charge in [0.15, 0.2) is 2.82 Å². The summed E-state index contributed by atoms with van der Waals surface area (Å²) in [6.45, 7) is 4.62. The number of phosphoric ester groups is 5. The van der Waals surface area contributed by atoms with Gasteiger partial charge in [0.1, 0.15) is 0 Å². The standard InChI is InChI=1S/C7H15BO11P3.C7H14BO8P2.C7H13BO5P.2H2NP.3Y/c1-5-3-7(8)17-6(5)4-16-21(11,12)19-22(13,14)18-20(9,10)15-2;1-5-3-7(8)15-6(5)4-14-18(11,12)16-17(9,10)13-2;1-5-3-7(8)13-6(5)4-12-14(9,10)11-2;2*1-2;;;/h3,5-7H,4H2,1-2H3,(H,9,10)(H,11,12)(H,13,14);3,5-7H,4H2,1-2H3,(H,9,10)(H,11,12);3,5-7H,4H2,1-2H3,(H,9,10);2*1-2H;;;/q3*-1;;;;;/t3*5-,6-,7-;;;;;/m111...../s1/i/hTD. The summed E-state index contributed by atoms with van der Waals surface area (Å²) in [5.41, 5.74) is 0. The molecule has 0 spiro atoms. The summed E-state index contributed by atoms with van der Waals surface area (Å²) in [7, 11) is -4.50. The number of hydrogen-bond donors (Lipinski definition) is 8. The second kappa shape index (κ2) is 35.5. The molecule has 345 valence electrons. The van der Waals surface area contributed by atoms with Crippen LogP contribution in [0.2, 0.25) is 2.82 Å². The topological polar surface area (TPSA) is 382 Å². The molecule has 8 N–H and O–H groups in total. The minimum absolute atomic E-state index is 0. The van der Waals surface area contributed by atoms with Crippen molar-refractivity contribution in [2.75, 3.05) is 41.2 Å². The zero-order valence-electron chi connectivity index (χ0n) is 35.1. The number of nitrogens with one attached hydrogen (secondary N) is 2. The van der Waals surface area contributed by atoms with E-state index in [1.54, 1.807) is 26.7 Å². The van der Waals surface area contributed by atoms with Gasteiger partial charge in [-0.2, -0.15) is 12.9 Å². The monoisotopic (exact) mass is 1260 g/mol. The van der Waals surface area contributed by atoms with Gasteiger partial charge in [-0.05, 0) is 18.1 Å². The van der Waals surface area contributed by atoms with Crippen molar-refractivity contribution in [1.82, 2.24) is 0 Å². The zero-order chi connectivity index (χ0) is 47.3. The predicted octanol–water partition coefficient (Wildman–Crippen LogP) is 3.58. The summed E-state index contributed by atoms with van der Waals surface area (Å²) in [6.07, 6.45) is 3.65. The van der Waals surface area contributed by atoms with E-state index >= 15 is 0 Å². The third-order valence-electron chi connectivity index (χ3n) is 6.75. The third-order valence-corrected chi connectivity index (χ3v) is 14.5. The van der Waals surface area contributed by atoms with Crippen LogP contribution in [-0.4, -0.2) is 130 Å². The zero-order valence-corrected chi connectivity index (χ0v) is 49.0. The van der Waals surface area contributed by atoms with Crippen molar-refractivity contribution in [3.8, 4) is 0 Å². The van der Waals surface area contributed by atoms with Crippen LogP contribution < -0.4 is 0 Å². The van der Waals surface area contributed by atoms with E-state index in [-0.39, 0.29) is 135 Å². The Morgan fingerprint density at radius 2 is 0.787 bits per heavy atom. The van der Waals surface area contributed by atoms with Crippen LogP contribution in [0.1, 0.15) is 20.8 Å². The Morgan fingerprint density at radius 3 is 1.00 bits per heavy atom. The van der Waals surface area contributed by atoms with Crippen molar-refractivity contribution in [1.29, 1.82) is 10.3 Å². The van der Waals surface area contributed by atoms with Gasteiger partial charge in [-0.1, -0.05) is 38.8 Å². The summed E-state index contributed by atoms with van der Waals surface area (Å²) >= 11 is 0. The molecular weight excluding hydrogens is 1210 g/mol. The Hall–Kier alpha value is 4.37. The largest absolute Gasteiger partial charge is 0.490 e. The Bertz CT molecular complexity index is 1600. The van der Waals surface area contributed by atoms with Crippen LogP contribution in [0.15, 0.2) is 0 Å². The van der Waals surface area contributed by atoms with Gasteiger partial charge in [0.2, 0.25) is 0 Å². The Morgan fingerprint density at radius 1 is 0.574 bits per heavy atom. The molecule has 0 saturated carbocycles. The average Bonchev–Trinajstić information content (AvgIpc) is 3.73. The molecule has 3 saturated heterocycles. The van der Waals surface area contributed by atoms with Gasteiger partial charge in [0.05, 0.1) is 61.7 Å². The van der Waals surface area contributed by atoms with Crippen molar-refractivity contribution in [3.63, 3.8) is 0 Å². The van der Waals surface area contributed by atoms with Gasteiger partial charge in [-0.15, -0.1) is 17.8 Å². The maximum atomic E-state index is 11.5. The fourth-order valence-corrected chi connectivity index (χ4v) is 9.57. The van der Waals surface area contributed by atoms with Crippen molar-refractivity contribution in [3.05, 3.63) is 19.3 Å². The summed E-state index contributed by atoms with van der Waals surface area (Å²) in [5.74, 6) is -0.177. The fourth-order valence-electron chi connectivity index (χ4n) is 4.03. The van der Waals surface area contributed by atoms with Crippen LogP contribution in [0.5, 0.6) is 0 Å². The molecule has 3 heterocycles. The quantitative estimate of drug-likeness (QED) is 0.0552. The number of rotatable bonds is 18. The van der Waals surface area contributed by atoms with E-state index in [0.29, 0.717) is 7.11 Å². The number of phosphoric acid groups is 6. The molecule has 40 heteroatoms. The Labute approximate surface area is 441 Å². The summed E-state index contributed by atoms with van der Waals surface area (Å²) in [4.78, 5) is 54.4. The molecule has 0 aromatic rings. The third kappa shape index (κ3) is 34.4. The smallest absolute Gasteiger partial charge is 0.415 e. The molecule has 0 aromatic carbocycles. The molecular formula is C21H46B3N2O24P8Y3-3. The molecule has 9 radical (unpaired) electrons. The first-order valence-electron chi connectivity index (χ1n) is 16.3. The average molecular weight is 1260 g/mol. The van der Waals surface area contributed by atoms with Crippen molar-refractivity contribution in [2.24, 2.45) is 17.8 Å². The predicted molar refractivity (Wildman–Crippen MR) is 207 cm³/mol. The van der Waals surface area contributed by atoms with E-state index in [1.807, 2.05) is 13.3 Å². The maximum Gasteiger partial charge on any atom is 0.490 e. The molecule has 3 fully saturated rings. The Kier molecular flexibility index (Phi) is 40.5.